The summed E-state index contributed by atoms with van der Waals surface area (Å²) in [6.45, 7) is 6.87. The molecule has 1 aliphatic rings. The lowest BCUT2D eigenvalue weighted by atomic mass is 10.1. The summed E-state index contributed by atoms with van der Waals surface area (Å²) in [5.74, 6) is 0. The molecule has 0 aliphatic carbocycles. The zero-order chi connectivity index (χ0) is 10.5. The Kier molecular flexibility index (Phi) is 3.69. The molecule has 1 saturated heterocycles. The lowest BCUT2D eigenvalue weighted by molar-refractivity contribution is 0.225. The monoisotopic (exact) mass is 205 g/mol. The highest BCUT2D eigenvalue weighted by Crippen LogP contribution is 2.19. The normalized spacial score (nSPS) is 20.9. The predicted molar refractivity (Wildman–Crippen MR) is 61.7 cm³/mol. The van der Waals surface area contributed by atoms with Crippen molar-refractivity contribution >= 4 is 0 Å². The summed E-state index contributed by atoms with van der Waals surface area (Å²) < 4.78 is 0. The Bertz CT molecular complexity index is 278. The van der Waals surface area contributed by atoms with Gasteiger partial charge in [0.1, 0.15) is 0 Å². The van der Waals surface area contributed by atoms with Crippen molar-refractivity contribution in [2.75, 3.05) is 26.2 Å². The van der Waals surface area contributed by atoms with Gasteiger partial charge in [0.15, 0.2) is 0 Å². The van der Waals surface area contributed by atoms with Crippen LogP contribution in [0.3, 0.4) is 0 Å². The standard InChI is InChI=1S/C12H19N3/c1-11(12-3-6-14-7-4-12)15-9-2-5-13-8-10-15/h3-4,6-7,11,13H,2,5,8-10H2,1H3. The average Bonchev–Trinajstić information content (AvgIpc) is 2.58. The highest BCUT2D eigenvalue weighted by atomic mass is 15.2. The second-order valence-corrected chi connectivity index (χ2v) is 4.10. The van der Waals surface area contributed by atoms with Crippen molar-refractivity contribution in [2.24, 2.45) is 0 Å². The van der Waals surface area contributed by atoms with Crippen LogP contribution in [0.5, 0.6) is 0 Å². The Morgan fingerprint density at radius 3 is 2.87 bits per heavy atom. The fraction of sp³-hybridized carbons (Fsp3) is 0.583. The van der Waals surface area contributed by atoms with Gasteiger partial charge in [-0.1, -0.05) is 0 Å². The third kappa shape index (κ3) is 2.76. The number of pyridine rings is 1. The van der Waals surface area contributed by atoms with Gasteiger partial charge in [0, 0.05) is 31.5 Å². The molecular weight excluding hydrogens is 186 g/mol. The minimum Gasteiger partial charge on any atom is -0.315 e. The molecule has 0 amide bonds. The van der Waals surface area contributed by atoms with Gasteiger partial charge in [-0.25, -0.2) is 0 Å². The summed E-state index contributed by atoms with van der Waals surface area (Å²) in [5, 5.41) is 3.43. The summed E-state index contributed by atoms with van der Waals surface area (Å²) in [6.07, 6.45) is 5.00. The minimum absolute atomic E-state index is 0.507. The molecule has 1 unspecified atom stereocenters. The number of rotatable bonds is 2. The minimum atomic E-state index is 0.507. The van der Waals surface area contributed by atoms with Crippen LogP contribution in [-0.2, 0) is 0 Å². The molecule has 0 bridgehead atoms. The quantitative estimate of drug-likeness (QED) is 0.792. The van der Waals surface area contributed by atoms with Crippen LogP contribution < -0.4 is 5.32 Å². The summed E-state index contributed by atoms with van der Waals surface area (Å²) in [4.78, 5) is 6.60. The van der Waals surface area contributed by atoms with E-state index in [2.05, 4.69) is 34.3 Å². The molecule has 1 aromatic heterocycles. The summed E-state index contributed by atoms with van der Waals surface area (Å²) in [7, 11) is 0. The van der Waals surface area contributed by atoms with Crippen LogP contribution >= 0.6 is 0 Å². The Labute approximate surface area is 91.5 Å². The van der Waals surface area contributed by atoms with Crippen LogP contribution in [0.4, 0.5) is 0 Å². The van der Waals surface area contributed by atoms with Gasteiger partial charge in [-0.2, -0.15) is 0 Å². The first kappa shape index (κ1) is 10.6. The van der Waals surface area contributed by atoms with Crippen molar-refractivity contribution in [1.82, 2.24) is 15.2 Å². The zero-order valence-electron chi connectivity index (χ0n) is 9.32. The summed E-state index contributed by atoms with van der Waals surface area (Å²) in [6, 6.07) is 4.74. The van der Waals surface area contributed by atoms with E-state index >= 15 is 0 Å². The van der Waals surface area contributed by atoms with Crippen LogP contribution in [0.1, 0.15) is 24.9 Å². The van der Waals surface area contributed by atoms with Gasteiger partial charge in [-0.05, 0) is 44.1 Å². The van der Waals surface area contributed by atoms with E-state index in [1.54, 1.807) is 0 Å². The molecule has 0 aromatic carbocycles. The first-order valence-electron chi connectivity index (χ1n) is 5.72. The zero-order valence-corrected chi connectivity index (χ0v) is 9.32. The van der Waals surface area contributed by atoms with E-state index in [-0.39, 0.29) is 0 Å². The van der Waals surface area contributed by atoms with E-state index in [0.29, 0.717) is 6.04 Å². The number of hydrogen-bond acceptors (Lipinski definition) is 3. The smallest absolute Gasteiger partial charge is 0.0321 e. The van der Waals surface area contributed by atoms with Gasteiger partial charge in [0.2, 0.25) is 0 Å². The van der Waals surface area contributed by atoms with E-state index in [1.807, 2.05) is 12.4 Å². The van der Waals surface area contributed by atoms with E-state index in [4.69, 9.17) is 0 Å². The molecule has 3 nitrogen and oxygen atoms in total. The predicted octanol–water partition coefficient (Wildman–Crippen LogP) is 1.44. The largest absolute Gasteiger partial charge is 0.315 e. The van der Waals surface area contributed by atoms with Crippen LogP contribution in [0, 0.1) is 0 Å². The van der Waals surface area contributed by atoms with E-state index < -0.39 is 0 Å². The number of nitrogens with one attached hydrogen (secondary N) is 1. The molecule has 1 N–H and O–H groups in total. The third-order valence-electron chi connectivity index (χ3n) is 3.11. The first-order chi connectivity index (χ1) is 7.38. The van der Waals surface area contributed by atoms with Gasteiger partial charge in [-0.15, -0.1) is 0 Å². The molecule has 1 aromatic rings. The van der Waals surface area contributed by atoms with Gasteiger partial charge in [-0.3, -0.25) is 9.88 Å². The molecule has 1 aliphatic heterocycles. The molecule has 15 heavy (non-hydrogen) atoms. The van der Waals surface area contributed by atoms with E-state index in [9.17, 15) is 0 Å². The lowest BCUT2D eigenvalue weighted by Gasteiger charge is -2.27. The van der Waals surface area contributed by atoms with Crippen molar-refractivity contribution in [2.45, 2.75) is 19.4 Å². The van der Waals surface area contributed by atoms with Crippen molar-refractivity contribution in [3.8, 4) is 0 Å². The van der Waals surface area contributed by atoms with Crippen LogP contribution in [0.25, 0.3) is 0 Å². The molecule has 82 valence electrons. The Morgan fingerprint density at radius 1 is 1.27 bits per heavy atom. The number of aromatic nitrogens is 1. The molecule has 0 saturated carbocycles. The van der Waals surface area contributed by atoms with E-state index in [0.717, 1.165) is 19.6 Å². The Balaban J connectivity index is 2.03. The molecule has 3 heteroatoms. The topological polar surface area (TPSA) is 28.2 Å². The molecule has 2 heterocycles. The maximum absolute atomic E-state index is 4.06. The molecule has 2 rings (SSSR count). The lowest BCUT2D eigenvalue weighted by Crippen LogP contribution is -2.30. The molecular formula is C12H19N3. The van der Waals surface area contributed by atoms with E-state index in [1.165, 1.54) is 18.5 Å². The van der Waals surface area contributed by atoms with Gasteiger partial charge in [0.25, 0.3) is 0 Å². The highest BCUT2D eigenvalue weighted by molar-refractivity contribution is 5.14. The Morgan fingerprint density at radius 2 is 2.07 bits per heavy atom. The SMILES string of the molecule is CC(c1ccncc1)N1CCCNCC1. The third-order valence-corrected chi connectivity index (χ3v) is 3.11. The summed E-state index contributed by atoms with van der Waals surface area (Å²) in [5.41, 5.74) is 1.37. The van der Waals surface area contributed by atoms with Crippen LogP contribution in [0.2, 0.25) is 0 Å². The van der Waals surface area contributed by atoms with Crippen molar-refractivity contribution in [1.29, 1.82) is 0 Å². The summed E-state index contributed by atoms with van der Waals surface area (Å²) >= 11 is 0. The highest BCUT2D eigenvalue weighted by Gasteiger charge is 2.16. The molecule has 1 atom stereocenters. The number of hydrogen-bond donors (Lipinski definition) is 1. The van der Waals surface area contributed by atoms with Crippen LogP contribution in [-0.4, -0.2) is 36.1 Å². The van der Waals surface area contributed by atoms with Crippen molar-refractivity contribution in [3.63, 3.8) is 0 Å². The van der Waals surface area contributed by atoms with Crippen molar-refractivity contribution in [3.05, 3.63) is 30.1 Å². The Hall–Kier alpha value is -0.930. The second-order valence-electron chi connectivity index (χ2n) is 4.10. The van der Waals surface area contributed by atoms with Crippen LogP contribution in [0.15, 0.2) is 24.5 Å². The number of nitrogens with zero attached hydrogens (tertiary/aromatic N) is 2. The fourth-order valence-electron chi connectivity index (χ4n) is 2.11. The van der Waals surface area contributed by atoms with Gasteiger partial charge < -0.3 is 5.32 Å². The van der Waals surface area contributed by atoms with Crippen molar-refractivity contribution < 1.29 is 0 Å². The molecule has 0 spiro atoms. The molecule has 1 fully saturated rings. The van der Waals surface area contributed by atoms with Gasteiger partial charge in [0.05, 0.1) is 0 Å². The second kappa shape index (κ2) is 5.24. The first-order valence-corrected chi connectivity index (χ1v) is 5.72. The fourth-order valence-corrected chi connectivity index (χ4v) is 2.11. The van der Waals surface area contributed by atoms with Gasteiger partial charge >= 0.3 is 0 Å². The molecule has 0 radical (unpaired) electrons. The maximum atomic E-state index is 4.06. The maximum Gasteiger partial charge on any atom is 0.0321 e. The average molecular weight is 205 g/mol.